The van der Waals surface area contributed by atoms with E-state index in [0.717, 1.165) is 22.2 Å². The second-order valence-electron chi connectivity index (χ2n) is 4.65. The molecule has 1 aliphatic heterocycles. The fraction of sp³-hybridized carbons (Fsp3) is 0.500. The van der Waals surface area contributed by atoms with Gasteiger partial charge in [0, 0.05) is 29.6 Å². The molecule has 0 unspecified atom stereocenters. The second-order valence-corrected chi connectivity index (χ2v) is 6.48. The van der Waals surface area contributed by atoms with Crippen molar-refractivity contribution in [3.8, 4) is 10.7 Å². The molecular weight excluding hydrogens is 330 g/mol. The van der Waals surface area contributed by atoms with E-state index in [9.17, 15) is 0 Å². The molecule has 102 valence electrons. The Balaban J connectivity index is 1.91. The van der Waals surface area contributed by atoms with Crippen LogP contribution in [0.15, 0.2) is 20.4 Å². The molecule has 0 aromatic carbocycles. The third kappa shape index (κ3) is 2.47. The van der Waals surface area contributed by atoms with Gasteiger partial charge >= 0.3 is 0 Å². The van der Waals surface area contributed by atoms with Gasteiger partial charge in [-0.3, -0.25) is 0 Å². The SMILES string of the molecule is NCC1(c2nc(-c3cc(Br)cs3)no2)CCOCC1. The molecule has 0 atom stereocenters. The summed E-state index contributed by atoms with van der Waals surface area (Å²) in [5.41, 5.74) is 5.71. The molecule has 2 aromatic rings. The maximum Gasteiger partial charge on any atom is 0.234 e. The Morgan fingerprint density at radius 1 is 1.42 bits per heavy atom. The second kappa shape index (κ2) is 5.32. The summed E-state index contributed by atoms with van der Waals surface area (Å²) in [6, 6.07) is 1.98. The van der Waals surface area contributed by atoms with Crippen LogP contribution in [-0.2, 0) is 10.2 Å². The van der Waals surface area contributed by atoms with Crippen molar-refractivity contribution in [2.75, 3.05) is 19.8 Å². The lowest BCUT2D eigenvalue weighted by Crippen LogP contribution is -2.40. The van der Waals surface area contributed by atoms with E-state index >= 15 is 0 Å². The monoisotopic (exact) mass is 343 g/mol. The van der Waals surface area contributed by atoms with E-state index in [1.54, 1.807) is 11.3 Å². The van der Waals surface area contributed by atoms with Gasteiger partial charge in [-0.05, 0) is 34.8 Å². The maximum absolute atomic E-state index is 5.93. The average Bonchev–Trinajstić information content (AvgIpc) is 3.08. The Hall–Kier alpha value is -0.760. The van der Waals surface area contributed by atoms with E-state index in [1.807, 2.05) is 11.4 Å². The first-order valence-electron chi connectivity index (χ1n) is 6.10. The topological polar surface area (TPSA) is 74.2 Å². The number of hydrogen-bond acceptors (Lipinski definition) is 6. The number of ether oxygens (including phenoxy) is 1. The third-order valence-electron chi connectivity index (χ3n) is 3.51. The minimum absolute atomic E-state index is 0.224. The first-order valence-corrected chi connectivity index (χ1v) is 7.77. The number of rotatable bonds is 3. The molecular formula is C12H14BrN3O2S. The van der Waals surface area contributed by atoms with Gasteiger partial charge in [-0.15, -0.1) is 11.3 Å². The predicted octanol–water partition coefficient (Wildman–Crippen LogP) is 2.57. The molecule has 3 heterocycles. The van der Waals surface area contributed by atoms with E-state index in [4.69, 9.17) is 15.0 Å². The Labute approximate surface area is 123 Å². The first-order chi connectivity index (χ1) is 9.23. The van der Waals surface area contributed by atoms with Crippen LogP contribution < -0.4 is 5.73 Å². The number of hydrogen-bond donors (Lipinski definition) is 1. The summed E-state index contributed by atoms with van der Waals surface area (Å²) in [5.74, 6) is 1.27. The number of halogens is 1. The van der Waals surface area contributed by atoms with Crippen LogP contribution in [0.3, 0.4) is 0 Å². The Morgan fingerprint density at radius 3 is 2.84 bits per heavy atom. The highest BCUT2D eigenvalue weighted by Gasteiger charge is 2.38. The first kappa shape index (κ1) is 13.2. The summed E-state index contributed by atoms with van der Waals surface area (Å²) in [7, 11) is 0. The van der Waals surface area contributed by atoms with E-state index in [1.165, 1.54) is 0 Å². The third-order valence-corrected chi connectivity index (χ3v) is 5.20. The molecule has 7 heteroatoms. The van der Waals surface area contributed by atoms with Crippen LogP contribution in [0, 0.1) is 0 Å². The van der Waals surface area contributed by atoms with Gasteiger partial charge in [0.15, 0.2) is 0 Å². The predicted molar refractivity (Wildman–Crippen MR) is 76.1 cm³/mol. The van der Waals surface area contributed by atoms with Gasteiger partial charge in [0.05, 0.1) is 10.3 Å². The molecule has 2 N–H and O–H groups in total. The molecule has 2 aromatic heterocycles. The molecule has 1 saturated heterocycles. The van der Waals surface area contributed by atoms with E-state index in [0.29, 0.717) is 31.5 Å². The number of aromatic nitrogens is 2. The smallest absolute Gasteiger partial charge is 0.234 e. The van der Waals surface area contributed by atoms with Gasteiger partial charge in [-0.25, -0.2) is 0 Å². The van der Waals surface area contributed by atoms with Crippen LogP contribution in [0.5, 0.6) is 0 Å². The average molecular weight is 344 g/mol. The van der Waals surface area contributed by atoms with Crippen molar-refractivity contribution in [3.63, 3.8) is 0 Å². The van der Waals surface area contributed by atoms with Gasteiger partial charge in [0.1, 0.15) is 0 Å². The summed E-state index contributed by atoms with van der Waals surface area (Å²) >= 11 is 5.01. The normalized spacial score (nSPS) is 18.6. The van der Waals surface area contributed by atoms with Gasteiger partial charge in [-0.2, -0.15) is 4.98 Å². The molecule has 0 radical (unpaired) electrons. The molecule has 1 fully saturated rings. The van der Waals surface area contributed by atoms with Gasteiger partial charge in [-0.1, -0.05) is 5.16 Å². The summed E-state index contributed by atoms with van der Waals surface area (Å²) in [5, 5.41) is 6.07. The molecule has 19 heavy (non-hydrogen) atoms. The standard InChI is InChI=1S/C12H14BrN3O2S/c13-8-5-9(19-6-8)10-15-11(18-16-10)12(7-14)1-3-17-4-2-12/h5-6H,1-4,7,14H2. The van der Waals surface area contributed by atoms with Crippen molar-refractivity contribution in [2.45, 2.75) is 18.3 Å². The number of nitrogens with two attached hydrogens (primary N) is 1. The lowest BCUT2D eigenvalue weighted by Gasteiger charge is -2.32. The molecule has 0 saturated carbocycles. The van der Waals surface area contributed by atoms with Gasteiger partial charge < -0.3 is 15.0 Å². The molecule has 0 aliphatic carbocycles. The summed E-state index contributed by atoms with van der Waals surface area (Å²) in [4.78, 5) is 5.52. The molecule has 0 bridgehead atoms. The van der Waals surface area contributed by atoms with Crippen molar-refractivity contribution in [1.82, 2.24) is 10.1 Å². The highest BCUT2D eigenvalue weighted by atomic mass is 79.9. The molecule has 0 amide bonds. The molecule has 5 nitrogen and oxygen atoms in total. The number of nitrogens with zero attached hydrogens (tertiary/aromatic N) is 2. The van der Waals surface area contributed by atoms with Crippen LogP contribution in [0.4, 0.5) is 0 Å². The largest absolute Gasteiger partial charge is 0.381 e. The molecule has 1 aliphatic rings. The summed E-state index contributed by atoms with van der Waals surface area (Å²) in [6.45, 7) is 1.89. The highest BCUT2D eigenvalue weighted by Crippen LogP contribution is 2.35. The Bertz CT molecular complexity index is 563. The Morgan fingerprint density at radius 2 is 2.21 bits per heavy atom. The minimum atomic E-state index is -0.224. The van der Waals surface area contributed by atoms with Crippen molar-refractivity contribution in [1.29, 1.82) is 0 Å². The zero-order chi connectivity index (χ0) is 13.3. The van der Waals surface area contributed by atoms with E-state index in [2.05, 4.69) is 26.1 Å². The van der Waals surface area contributed by atoms with Crippen LogP contribution >= 0.6 is 27.3 Å². The maximum atomic E-state index is 5.93. The van der Waals surface area contributed by atoms with E-state index in [-0.39, 0.29) is 5.41 Å². The van der Waals surface area contributed by atoms with Gasteiger partial charge in [0.2, 0.25) is 11.7 Å². The lowest BCUT2D eigenvalue weighted by atomic mass is 9.80. The zero-order valence-corrected chi connectivity index (χ0v) is 12.7. The van der Waals surface area contributed by atoms with Crippen LogP contribution in [0.25, 0.3) is 10.7 Å². The van der Waals surface area contributed by atoms with Crippen molar-refractivity contribution < 1.29 is 9.26 Å². The number of thiophene rings is 1. The van der Waals surface area contributed by atoms with Crippen LogP contribution in [-0.4, -0.2) is 29.9 Å². The fourth-order valence-electron chi connectivity index (χ4n) is 2.24. The summed E-state index contributed by atoms with van der Waals surface area (Å²) < 4.78 is 11.9. The van der Waals surface area contributed by atoms with Crippen LogP contribution in [0.2, 0.25) is 0 Å². The van der Waals surface area contributed by atoms with Crippen molar-refractivity contribution >= 4 is 27.3 Å². The van der Waals surface area contributed by atoms with Crippen LogP contribution in [0.1, 0.15) is 18.7 Å². The minimum Gasteiger partial charge on any atom is -0.381 e. The zero-order valence-electron chi connectivity index (χ0n) is 10.3. The van der Waals surface area contributed by atoms with Gasteiger partial charge in [0.25, 0.3) is 0 Å². The van der Waals surface area contributed by atoms with E-state index < -0.39 is 0 Å². The summed E-state index contributed by atoms with van der Waals surface area (Å²) in [6.07, 6.45) is 1.67. The van der Waals surface area contributed by atoms with Crippen molar-refractivity contribution in [3.05, 3.63) is 21.8 Å². The lowest BCUT2D eigenvalue weighted by molar-refractivity contribution is 0.0409. The quantitative estimate of drug-likeness (QED) is 0.926. The fourth-order valence-corrected chi connectivity index (χ4v) is 3.59. The molecule has 0 spiro atoms. The van der Waals surface area contributed by atoms with Crippen molar-refractivity contribution in [2.24, 2.45) is 5.73 Å². The Kier molecular flexibility index (Phi) is 3.70. The highest BCUT2D eigenvalue weighted by molar-refractivity contribution is 9.10. The molecule has 3 rings (SSSR count).